The second-order valence-corrected chi connectivity index (χ2v) is 9.83. The molecule has 0 radical (unpaired) electrons. The first kappa shape index (κ1) is 25.2. The number of aromatic hydroxyl groups is 1. The van der Waals surface area contributed by atoms with Gasteiger partial charge in [0.25, 0.3) is 12.3 Å². The highest BCUT2D eigenvalue weighted by Crippen LogP contribution is 2.37. The molecule has 2 aliphatic rings. The molecule has 1 amide bonds. The van der Waals surface area contributed by atoms with E-state index in [1.165, 1.54) is 5.56 Å². The van der Waals surface area contributed by atoms with Gasteiger partial charge in [-0.25, -0.2) is 8.78 Å². The topological polar surface area (TPSA) is 56.2 Å². The fourth-order valence-electron chi connectivity index (χ4n) is 4.92. The molecule has 1 N–H and O–H groups in total. The number of carbonyl (C=O) groups is 1. The summed E-state index contributed by atoms with van der Waals surface area (Å²) in [7, 11) is 2.13. The van der Waals surface area contributed by atoms with Crippen LogP contribution in [-0.2, 0) is 26.2 Å². The highest BCUT2D eigenvalue weighted by Gasteiger charge is 2.30. The number of piperazine rings is 1. The van der Waals surface area contributed by atoms with Crippen LogP contribution in [0.3, 0.4) is 0 Å². The molecule has 37 heavy (non-hydrogen) atoms. The van der Waals surface area contributed by atoms with Crippen LogP contribution in [-0.4, -0.2) is 58.9 Å². The van der Waals surface area contributed by atoms with Gasteiger partial charge in [-0.1, -0.05) is 48.5 Å². The van der Waals surface area contributed by atoms with Crippen molar-refractivity contribution < 1.29 is 23.4 Å². The Morgan fingerprint density at radius 1 is 0.946 bits per heavy atom. The lowest BCUT2D eigenvalue weighted by Gasteiger charge is -2.32. The van der Waals surface area contributed by atoms with Gasteiger partial charge in [0.2, 0.25) is 0 Å². The number of phenols is 1. The van der Waals surface area contributed by atoms with Crippen LogP contribution in [0.2, 0.25) is 0 Å². The summed E-state index contributed by atoms with van der Waals surface area (Å²) in [6, 6.07) is 17.6. The van der Waals surface area contributed by atoms with Crippen molar-refractivity contribution in [3.63, 3.8) is 0 Å². The van der Waals surface area contributed by atoms with E-state index < -0.39 is 23.6 Å². The van der Waals surface area contributed by atoms with E-state index in [9.17, 15) is 18.7 Å². The van der Waals surface area contributed by atoms with E-state index in [4.69, 9.17) is 4.74 Å². The number of hydrogen-bond donors (Lipinski definition) is 1. The van der Waals surface area contributed by atoms with E-state index in [0.717, 1.165) is 61.5 Å². The zero-order valence-corrected chi connectivity index (χ0v) is 20.9. The third kappa shape index (κ3) is 5.76. The maximum Gasteiger partial charge on any atom is 0.264 e. The standard InChI is InChI=1S/C29H31F2N3O3/c1-32-9-11-33(12-10-32)16-21-7-8-22-17-34(18-24(22)13-21)29(36)27-25(35)14-23(28(30)31)15-26(27)37-19-20-5-3-2-4-6-20/h2-8,13-15,28,35H,9-12,16-19H2,1H3. The van der Waals surface area contributed by atoms with Crippen molar-refractivity contribution in [1.29, 1.82) is 0 Å². The van der Waals surface area contributed by atoms with Crippen LogP contribution in [0.15, 0.2) is 60.7 Å². The van der Waals surface area contributed by atoms with E-state index in [2.05, 4.69) is 35.0 Å². The Bertz CT molecular complexity index is 1260. The average molecular weight is 508 g/mol. The van der Waals surface area contributed by atoms with Crippen LogP contribution < -0.4 is 4.74 Å². The quantitative estimate of drug-likeness (QED) is 0.497. The molecule has 0 atom stereocenters. The molecule has 2 aliphatic heterocycles. The Hall–Kier alpha value is -3.49. The summed E-state index contributed by atoms with van der Waals surface area (Å²) in [5.74, 6) is -0.994. The third-order valence-electron chi connectivity index (χ3n) is 7.09. The number of carbonyl (C=O) groups excluding carboxylic acids is 1. The van der Waals surface area contributed by atoms with E-state index in [0.29, 0.717) is 13.1 Å². The number of amides is 1. The van der Waals surface area contributed by atoms with E-state index >= 15 is 0 Å². The number of ether oxygens (including phenoxy) is 1. The normalized spacial score (nSPS) is 16.3. The minimum atomic E-state index is -2.80. The lowest BCUT2D eigenvalue weighted by Crippen LogP contribution is -2.43. The molecule has 3 aromatic rings. The van der Waals surface area contributed by atoms with Crippen molar-refractivity contribution in [3.8, 4) is 11.5 Å². The molecule has 194 valence electrons. The molecule has 0 unspecified atom stereocenters. The largest absolute Gasteiger partial charge is 0.507 e. The van der Waals surface area contributed by atoms with Gasteiger partial charge in [-0.05, 0) is 41.4 Å². The van der Waals surface area contributed by atoms with Crippen LogP contribution in [0.5, 0.6) is 11.5 Å². The molecule has 0 aliphatic carbocycles. The van der Waals surface area contributed by atoms with Gasteiger partial charge >= 0.3 is 0 Å². The van der Waals surface area contributed by atoms with Crippen LogP contribution in [0, 0.1) is 0 Å². The number of alkyl halides is 2. The van der Waals surface area contributed by atoms with Crippen LogP contribution in [0.1, 0.15) is 44.6 Å². The molecule has 0 spiro atoms. The SMILES string of the molecule is CN1CCN(Cc2ccc3c(c2)CN(C(=O)c2c(O)cc(C(F)F)cc2OCc2ccccc2)C3)CC1. The van der Waals surface area contributed by atoms with Crippen molar-refractivity contribution in [3.05, 3.63) is 94.0 Å². The highest BCUT2D eigenvalue weighted by molar-refractivity contribution is 6.00. The number of nitrogens with zero attached hydrogens (tertiary/aromatic N) is 3. The van der Waals surface area contributed by atoms with Crippen molar-refractivity contribution in [2.45, 2.75) is 32.7 Å². The number of benzene rings is 3. The smallest absolute Gasteiger partial charge is 0.264 e. The van der Waals surface area contributed by atoms with Crippen molar-refractivity contribution in [1.82, 2.24) is 14.7 Å². The summed E-state index contributed by atoms with van der Waals surface area (Å²) in [6.45, 7) is 5.88. The van der Waals surface area contributed by atoms with Crippen molar-refractivity contribution in [2.75, 3.05) is 33.2 Å². The predicted octanol–water partition coefficient (Wildman–Crippen LogP) is 4.81. The molecular formula is C29H31F2N3O3. The third-order valence-corrected chi connectivity index (χ3v) is 7.09. The number of hydrogen-bond acceptors (Lipinski definition) is 5. The highest BCUT2D eigenvalue weighted by atomic mass is 19.3. The monoisotopic (exact) mass is 507 g/mol. The summed E-state index contributed by atoms with van der Waals surface area (Å²) in [5, 5.41) is 10.6. The van der Waals surface area contributed by atoms with Gasteiger partial charge < -0.3 is 19.6 Å². The first-order chi connectivity index (χ1) is 17.9. The second kappa shape index (κ2) is 10.9. The van der Waals surface area contributed by atoms with Gasteiger partial charge in [-0.3, -0.25) is 9.69 Å². The summed E-state index contributed by atoms with van der Waals surface area (Å²) in [5.41, 5.74) is 3.65. The maximum atomic E-state index is 13.6. The minimum Gasteiger partial charge on any atom is -0.507 e. The molecule has 1 saturated heterocycles. The van der Waals surface area contributed by atoms with Gasteiger partial charge in [0, 0.05) is 51.4 Å². The van der Waals surface area contributed by atoms with Gasteiger partial charge in [-0.15, -0.1) is 0 Å². The van der Waals surface area contributed by atoms with E-state index in [1.807, 2.05) is 30.3 Å². The Morgan fingerprint density at radius 3 is 2.41 bits per heavy atom. The summed E-state index contributed by atoms with van der Waals surface area (Å²) in [4.78, 5) is 19.9. The Labute approximate surface area is 215 Å². The van der Waals surface area contributed by atoms with E-state index in [-0.39, 0.29) is 17.9 Å². The Kier molecular flexibility index (Phi) is 7.39. The van der Waals surface area contributed by atoms with Gasteiger partial charge in [-0.2, -0.15) is 0 Å². The summed E-state index contributed by atoms with van der Waals surface area (Å²) in [6.07, 6.45) is -2.80. The van der Waals surface area contributed by atoms with Gasteiger partial charge in [0.15, 0.2) is 0 Å². The fraction of sp³-hybridized carbons (Fsp3) is 0.345. The van der Waals surface area contributed by atoms with Gasteiger partial charge in [0.1, 0.15) is 23.7 Å². The first-order valence-electron chi connectivity index (χ1n) is 12.5. The van der Waals surface area contributed by atoms with Gasteiger partial charge in [0.05, 0.1) is 0 Å². The Morgan fingerprint density at radius 2 is 1.68 bits per heavy atom. The minimum absolute atomic E-state index is 0.0455. The molecule has 0 bridgehead atoms. The fourth-order valence-corrected chi connectivity index (χ4v) is 4.92. The predicted molar refractivity (Wildman–Crippen MR) is 137 cm³/mol. The summed E-state index contributed by atoms with van der Waals surface area (Å²) >= 11 is 0. The number of rotatable bonds is 7. The molecule has 0 aromatic heterocycles. The summed E-state index contributed by atoms with van der Waals surface area (Å²) < 4.78 is 32.7. The zero-order chi connectivity index (χ0) is 25.9. The Balaban J connectivity index is 1.34. The molecule has 3 aromatic carbocycles. The first-order valence-corrected chi connectivity index (χ1v) is 12.5. The number of fused-ring (bicyclic) bond motifs is 1. The maximum absolute atomic E-state index is 13.6. The lowest BCUT2D eigenvalue weighted by atomic mass is 10.1. The molecule has 5 rings (SSSR count). The number of likely N-dealkylation sites (N-methyl/N-ethyl adjacent to an activating group) is 1. The number of halogens is 2. The van der Waals surface area contributed by atoms with E-state index in [1.54, 1.807) is 4.90 Å². The second-order valence-electron chi connectivity index (χ2n) is 9.83. The average Bonchev–Trinajstić information content (AvgIpc) is 3.32. The van der Waals surface area contributed by atoms with Crippen molar-refractivity contribution in [2.24, 2.45) is 0 Å². The zero-order valence-electron chi connectivity index (χ0n) is 20.9. The number of phenolic OH excluding ortho intramolecular Hbond substituents is 1. The molecular weight excluding hydrogens is 476 g/mol. The molecule has 1 fully saturated rings. The molecule has 2 heterocycles. The molecule has 6 nitrogen and oxygen atoms in total. The van der Waals surface area contributed by atoms with Crippen LogP contribution in [0.25, 0.3) is 0 Å². The van der Waals surface area contributed by atoms with Crippen LogP contribution in [0.4, 0.5) is 8.78 Å². The molecule has 0 saturated carbocycles. The van der Waals surface area contributed by atoms with Crippen LogP contribution >= 0.6 is 0 Å². The molecule has 8 heteroatoms. The lowest BCUT2D eigenvalue weighted by molar-refractivity contribution is 0.0742. The van der Waals surface area contributed by atoms with Crippen molar-refractivity contribution >= 4 is 5.91 Å².